The number of carbonyl (C=O) groups is 10. The van der Waals surface area contributed by atoms with Crippen LogP contribution in [0.4, 0.5) is 13.2 Å². The van der Waals surface area contributed by atoms with Crippen LogP contribution in [0.25, 0.3) is 0 Å². The Morgan fingerprint density at radius 2 is 1.18 bits per heavy atom. The van der Waals surface area contributed by atoms with Crippen LogP contribution in [0.2, 0.25) is 0 Å². The van der Waals surface area contributed by atoms with Crippen molar-refractivity contribution in [3.8, 4) is 0 Å². The maximum atomic E-state index is 14.2. The highest BCUT2D eigenvalue weighted by molar-refractivity contribution is 5.97. The Bertz CT molecular complexity index is 1770. The number of rotatable bonds is 25. The first-order chi connectivity index (χ1) is 28.1. The number of aryl methyl sites for hydroxylation is 1. The van der Waals surface area contributed by atoms with Crippen molar-refractivity contribution in [3.63, 3.8) is 0 Å². The lowest BCUT2D eigenvalue weighted by molar-refractivity contribution is -0.147. The average molecular weight is 873 g/mol. The molecule has 0 aliphatic rings. The van der Waals surface area contributed by atoms with Crippen molar-refractivity contribution in [2.45, 2.75) is 135 Å². The van der Waals surface area contributed by atoms with Gasteiger partial charge in [-0.05, 0) is 42.2 Å². The topological polar surface area (TPSA) is 304 Å². The molecule has 0 spiro atoms. The summed E-state index contributed by atoms with van der Waals surface area (Å²) in [7, 11) is 0. The highest BCUT2D eigenvalue weighted by atomic mass is 19.4. The Hall–Kier alpha value is -6.09. The predicted molar refractivity (Wildman–Crippen MR) is 208 cm³/mol. The number of carbonyl (C=O) groups excluding carboxylic acids is 7. The van der Waals surface area contributed by atoms with Gasteiger partial charge in [-0.15, -0.1) is 0 Å². The third-order valence-corrected chi connectivity index (χ3v) is 8.89. The quantitative estimate of drug-likeness (QED) is 0.0618. The summed E-state index contributed by atoms with van der Waals surface area (Å²) in [6.45, 7) is 9.66. The van der Waals surface area contributed by atoms with Crippen LogP contribution in [0.1, 0.15) is 90.7 Å². The van der Waals surface area contributed by atoms with Crippen molar-refractivity contribution in [2.75, 3.05) is 0 Å². The second-order valence-corrected chi connectivity index (χ2v) is 15.9. The Balaban J connectivity index is 3.56. The number of amides is 6. The molecule has 6 amide bonds. The van der Waals surface area contributed by atoms with E-state index in [1.54, 1.807) is 65.8 Å². The molecular formula is C39H55F3N6O13. The maximum Gasteiger partial charge on any atom is 0.391 e. The number of hydrogen-bond donors (Lipinski definition) is 9. The van der Waals surface area contributed by atoms with E-state index in [2.05, 4.69) is 26.6 Å². The minimum absolute atomic E-state index is 0.0876. The summed E-state index contributed by atoms with van der Waals surface area (Å²) in [5.41, 5.74) is 0.0460. The second-order valence-electron chi connectivity index (χ2n) is 15.9. The average Bonchev–Trinajstić information content (AvgIpc) is 3.12. The summed E-state index contributed by atoms with van der Waals surface area (Å²) < 4.78 is 39.1. The number of nitrogens with one attached hydrogen (secondary N) is 6. The first kappa shape index (κ1) is 52.9. The highest BCUT2D eigenvalue weighted by Crippen LogP contribution is 2.23. The van der Waals surface area contributed by atoms with Gasteiger partial charge in [0.2, 0.25) is 35.4 Å². The van der Waals surface area contributed by atoms with Gasteiger partial charge in [0.25, 0.3) is 0 Å². The second kappa shape index (κ2) is 24.2. The molecule has 1 aromatic rings. The van der Waals surface area contributed by atoms with Crippen LogP contribution in [0, 0.1) is 18.3 Å². The van der Waals surface area contributed by atoms with Crippen LogP contribution in [-0.4, -0.2) is 117 Å². The van der Waals surface area contributed by atoms with E-state index < -0.39 is 140 Å². The molecule has 0 aromatic heterocycles. The number of aldehydes is 1. The summed E-state index contributed by atoms with van der Waals surface area (Å²) in [5.74, 6) is -11.1. The van der Waals surface area contributed by atoms with E-state index in [1.165, 1.54) is 0 Å². The number of aliphatic carboxylic acids is 3. The lowest BCUT2D eigenvalue weighted by atomic mass is 9.85. The largest absolute Gasteiger partial charge is 0.481 e. The van der Waals surface area contributed by atoms with Crippen molar-refractivity contribution >= 4 is 59.6 Å². The lowest BCUT2D eigenvalue weighted by Gasteiger charge is -2.34. The van der Waals surface area contributed by atoms with Gasteiger partial charge in [0.15, 0.2) is 0 Å². The molecule has 9 N–H and O–H groups in total. The molecule has 0 radical (unpaired) electrons. The minimum atomic E-state index is -4.80. The zero-order chi connectivity index (χ0) is 46.8. The molecule has 0 aliphatic carbocycles. The fraction of sp³-hybridized carbons (Fsp3) is 0.590. The van der Waals surface area contributed by atoms with Crippen LogP contribution in [0.3, 0.4) is 0 Å². The van der Waals surface area contributed by atoms with Crippen LogP contribution in [0.5, 0.6) is 0 Å². The summed E-state index contributed by atoms with van der Waals surface area (Å²) >= 11 is 0. The molecule has 0 saturated carbocycles. The fourth-order valence-electron chi connectivity index (χ4n) is 5.76. The molecule has 6 atom stereocenters. The standard InChI is InChI=1S/C39H55F3N6O13/c1-20(2)15-25(34(58)43-23(19-49)18-39(40,41)42)47-37(61)32(38(4,5)6)48-36(60)26(16-22-10-8-7-9-21(22)3)46-33(57)24(11-13-29(51)52)45-35(59)27(17-31(55)56)44-28(50)12-14-30(53)54/h7-10,19-20,23-27,32H,11-18H2,1-6H3,(H,43,58)(H,44,50)(H,45,59)(H,46,57)(H,47,61)(H,48,60)(H,51,52)(H,53,54)(H,55,56)/t23?,24-,25-,26-,27-,32+/m0/s1. The van der Waals surface area contributed by atoms with Gasteiger partial charge < -0.3 is 52.0 Å². The molecule has 22 heteroatoms. The molecule has 340 valence electrons. The van der Waals surface area contributed by atoms with Crippen molar-refractivity contribution in [3.05, 3.63) is 35.4 Å². The molecule has 19 nitrogen and oxygen atoms in total. The van der Waals surface area contributed by atoms with Crippen LogP contribution in [0.15, 0.2) is 24.3 Å². The van der Waals surface area contributed by atoms with Gasteiger partial charge in [-0.1, -0.05) is 58.9 Å². The SMILES string of the molecule is Cc1ccccc1C[C@H](NC(=O)[C@H](CCC(=O)O)NC(=O)[C@H](CC(=O)O)NC(=O)CCC(=O)O)C(=O)N[C@H](C(=O)N[C@@H](CC(C)C)C(=O)NC(C=O)CC(F)(F)F)C(C)(C)C. The molecule has 0 aliphatic heterocycles. The van der Waals surface area contributed by atoms with Crippen LogP contribution < -0.4 is 31.9 Å². The summed E-state index contributed by atoms with van der Waals surface area (Å²) in [5, 5.41) is 41.3. The van der Waals surface area contributed by atoms with Crippen molar-refractivity contribution in [1.82, 2.24) is 31.9 Å². The van der Waals surface area contributed by atoms with E-state index in [9.17, 15) is 71.3 Å². The van der Waals surface area contributed by atoms with E-state index in [-0.39, 0.29) is 25.0 Å². The Kier molecular flexibility index (Phi) is 21.0. The summed E-state index contributed by atoms with van der Waals surface area (Å²) in [6, 6.07) is -3.39. The van der Waals surface area contributed by atoms with Crippen molar-refractivity contribution in [1.29, 1.82) is 0 Å². The van der Waals surface area contributed by atoms with Gasteiger partial charge in [0, 0.05) is 19.3 Å². The number of carboxylic acid groups (broad SMARTS) is 3. The molecular weight excluding hydrogens is 817 g/mol. The van der Waals surface area contributed by atoms with Crippen molar-refractivity contribution < 1.29 is 76.4 Å². The molecule has 61 heavy (non-hydrogen) atoms. The van der Waals surface area contributed by atoms with Gasteiger partial charge in [-0.3, -0.25) is 43.2 Å². The third-order valence-electron chi connectivity index (χ3n) is 8.89. The number of benzene rings is 1. The van der Waals surface area contributed by atoms with E-state index in [4.69, 9.17) is 5.11 Å². The Morgan fingerprint density at radius 3 is 1.69 bits per heavy atom. The molecule has 0 fully saturated rings. The first-order valence-electron chi connectivity index (χ1n) is 19.2. The fourth-order valence-corrected chi connectivity index (χ4v) is 5.76. The maximum absolute atomic E-state index is 14.2. The number of hydrogen-bond acceptors (Lipinski definition) is 10. The molecule has 1 aromatic carbocycles. The first-order valence-corrected chi connectivity index (χ1v) is 19.2. The number of alkyl halides is 3. The van der Waals surface area contributed by atoms with Crippen LogP contribution >= 0.6 is 0 Å². The van der Waals surface area contributed by atoms with E-state index in [1.807, 2.05) is 5.32 Å². The molecule has 0 saturated heterocycles. The lowest BCUT2D eigenvalue weighted by Crippen LogP contribution is -2.62. The Labute approximate surface area is 349 Å². The molecule has 1 unspecified atom stereocenters. The highest BCUT2D eigenvalue weighted by Gasteiger charge is 2.39. The van der Waals surface area contributed by atoms with E-state index in [0.717, 1.165) is 0 Å². The zero-order valence-electron chi connectivity index (χ0n) is 34.6. The normalized spacial score (nSPS) is 14.5. The van der Waals surface area contributed by atoms with E-state index in [0.29, 0.717) is 11.1 Å². The summed E-state index contributed by atoms with van der Waals surface area (Å²) in [4.78, 5) is 126. The van der Waals surface area contributed by atoms with Gasteiger partial charge >= 0.3 is 24.1 Å². The van der Waals surface area contributed by atoms with Gasteiger partial charge in [0.1, 0.15) is 36.5 Å². The van der Waals surface area contributed by atoms with Gasteiger partial charge in [-0.25, -0.2) is 0 Å². The summed E-state index contributed by atoms with van der Waals surface area (Å²) in [6.07, 6.45) is -10.5. The number of carboxylic acids is 3. The van der Waals surface area contributed by atoms with E-state index >= 15 is 0 Å². The molecule has 1 rings (SSSR count). The minimum Gasteiger partial charge on any atom is -0.481 e. The number of halogens is 3. The zero-order valence-corrected chi connectivity index (χ0v) is 34.6. The predicted octanol–water partition coefficient (Wildman–Crippen LogP) is 0.894. The van der Waals surface area contributed by atoms with Crippen molar-refractivity contribution in [2.24, 2.45) is 11.3 Å². The smallest absolute Gasteiger partial charge is 0.391 e. The third kappa shape index (κ3) is 20.6. The van der Waals surface area contributed by atoms with Gasteiger partial charge in [0.05, 0.1) is 25.3 Å². The Morgan fingerprint density at radius 1 is 0.656 bits per heavy atom. The molecule has 0 bridgehead atoms. The van der Waals surface area contributed by atoms with Crippen LogP contribution in [-0.2, 0) is 54.4 Å². The van der Waals surface area contributed by atoms with Gasteiger partial charge in [-0.2, -0.15) is 13.2 Å². The monoisotopic (exact) mass is 872 g/mol. The molecule has 0 heterocycles.